The molecule has 0 atom stereocenters. The summed E-state index contributed by atoms with van der Waals surface area (Å²) in [6.07, 6.45) is 0. The van der Waals surface area contributed by atoms with Gasteiger partial charge in [0.1, 0.15) is 0 Å². The zero-order valence-electron chi connectivity index (χ0n) is 12.3. The molecule has 4 nitrogen and oxygen atoms in total. The van der Waals surface area contributed by atoms with Crippen molar-refractivity contribution in [3.63, 3.8) is 0 Å². The molecule has 0 unspecified atom stereocenters. The van der Waals surface area contributed by atoms with Crippen LogP contribution in [0.5, 0.6) is 0 Å². The van der Waals surface area contributed by atoms with Crippen molar-refractivity contribution in [2.75, 3.05) is 17.7 Å². The molecule has 0 spiro atoms. The van der Waals surface area contributed by atoms with E-state index in [1.54, 1.807) is 19.1 Å². The Morgan fingerprint density at radius 2 is 1.57 bits per heavy atom. The maximum absolute atomic E-state index is 12.3. The molecule has 0 bridgehead atoms. The van der Waals surface area contributed by atoms with Gasteiger partial charge in [0.15, 0.2) is 9.84 Å². The van der Waals surface area contributed by atoms with Gasteiger partial charge in [0.05, 0.1) is 16.3 Å². The molecule has 112 valence electrons. The van der Waals surface area contributed by atoms with Crippen LogP contribution in [-0.2, 0) is 16.4 Å². The maximum Gasteiger partial charge on any atom is 0.180 e. The van der Waals surface area contributed by atoms with Gasteiger partial charge in [-0.2, -0.15) is 0 Å². The summed E-state index contributed by atoms with van der Waals surface area (Å²) >= 11 is 0. The second kappa shape index (κ2) is 6.28. The van der Waals surface area contributed by atoms with Crippen molar-refractivity contribution in [3.8, 4) is 0 Å². The van der Waals surface area contributed by atoms with Crippen LogP contribution in [0.1, 0.15) is 12.5 Å². The smallest absolute Gasteiger partial charge is 0.180 e. The predicted octanol–water partition coefficient (Wildman–Crippen LogP) is 2.71. The highest BCUT2D eigenvalue weighted by atomic mass is 32.2. The van der Waals surface area contributed by atoms with Gasteiger partial charge in [-0.05, 0) is 23.8 Å². The summed E-state index contributed by atoms with van der Waals surface area (Å²) in [6.45, 7) is 2.06. The molecule has 5 heteroatoms. The highest BCUT2D eigenvalue weighted by Crippen LogP contribution is 2.32. The molecule has 2 rings (SSSR count). The van der Waals surface area contributed by atoms with Crippen molar-refractivity contribution in [1.82, 2.24) is 0 Å². The lowest BCUT2D eigenvalue weighted by Crippen LogP contribution is -2.17. The first kappa shape index (κ1) is 15.5. The third kappa shape index (κ3) is 3.09. The van der Waals surface area contributed by atoms with Gasteiger partial charge in [0.25, 0.3) is 0 Å². The van der Waals surface area contributed by atoms with Gasteiger partial charge >= 0.3 is 0 Å². The second-order valence-electron chi connectivity index (χ2n) is 4.76. The lowest BCUT2D eigenvalue weighted by atomic mass is 10.1. The highest BCUT2D eigenvalue weighted by molar-refractivity contribution is 7.91. The molecule has 0 aliphatic rings. The Morgan fingerprint density at radius 3 is 2.19 bits per heavy atom. The van der Waals surface area contributed by atoms with E-state index in [1.165, 1.54) is 0 Å². The van der Waals surface area contributed by atoms with Crippen LogP contribution >= 0.6 is 0 Å². The number of nitrogens with zero attached hydrogens (tertiary/aromatic N) is 1. The van der Waals surface area contributed by atoms with E-state index < -0.39 is 9.84 Å². The standard InChI is InChI=1S/C16H20N2O2S/c1-3-21(19,20)16-11-7-6-10-15(16)18(2)14-9-5-4-8-13(14)12-17/h4-11H,3,12,17H2,1-2H3. The van der Waals surface area contributed by atoms with Gasteiger partial charge in [-0.15, -0.1) is 0 Å². The van der Waals surface area contributed by atoms with Gasteiger partial charge < -0.3 is 10.6 Å². The molecule has 0 amide bonds. The van der Waals surface area contributed by atoms with E-state index in [4.69, 9.17) is 5.73 Å². The fourth-order valence-electron chi connectivity index (χ4n) is 2.29. The number of benzene rings is 2. The Hall–Kier alpha value is -1.85. The van der Waals surface area contributed by atoms with E-state index in [2.05, 4.69) is 0 Å². The summed E-state index contributed by atoms with van der Waals surface area (Å²) < 4.78 is 24.5. The van der Waals surface area contributed by atoms with Crippen LogP contribution in [-0.4, -0.2) is 21.2 Å². The minimum atomic E-state index is -3.27. The van der Waals surface area contributed by atoms with E-state index >= 15 is 0 Å². The Kier molecular flexibility index (Phi) is 4.65. The molecule has 0 aliphatic heterocycles. The van der Waals surface area contributed by atoms with Crippen molar-refractivity contribution in [2.24, 2.45) is 5.73 Å². The summed E-state index contributed by atoms with van der Waals surface area (Å²) in [7, 11) is -1.41. The number of hydrogen-bond acceptors (Lipinski definition) is 4. The Labute approximate surface area is 126 Å². The molecule has 0 saturated carbocycles. The van der Waals surface area contributed by atoms with E-state index in [9.17, 15) is 8.42 Å². The average Bonchev–Trinajstić information content (AvgIpc) is 2.54. The van der Waals surface area contributed by atoms with Gasteiger partial charge in [-0.25, -0.2) is 8.42 Å². The highest BCUT2D eigenvalue weighted by Gasteiger charge is 2.19. The number of nitrogens with two attached hydrogens (primary N) is 1. The summed E-state index contributed by atoms with van der Waals surface area (Å²) in [5.74, 6) is 0.0798. The van der Waals surface area contributed by atoms with Crippen molar-refractivity contribution in [1.29, 1.82) is 0 Å². The van der Waals surface area contributed by atoms with Crippen LogP contribution in [0.3, 0.4) is 0 Å². The van der Waals surface area contributed by atoms with Crippen LogP contribution in [0.4, 0.5) is 11.4 Å². The van der Waals surface area contributed by atoms with Crippen molar-refractivity contribution < 1.29 is 8.42 Å². The monoisotopic (exact) mass is 304 g/mol. The van der Waals surface area contributed by atoms with Crippen LogP contribution in [0.15, 0.2) is 53.4 Å². The Morgan fingerprint density at radius 1 is 1.00 bits per heavy atom. The minimum Gasteiger partial charge on any atom is -0.343 e. The average molecular weight is 304 g/mol. The molecular weight excluding hydrogens is 284 g/mol. The third-order valence-corrected chi connectivity index (χ3v) is 5.29. The molecule has 2 aromatic rings. The molecule has 0 aromatic heterocycles. The van der Waals surface area contributed by atoms with Crippen molar-refractivity contribution in [2.45, 2.75) is 18.4 Å². The number of anilines is 2. The van der Waals surface area contributed by atoms with Gasteiger partial charge in [0.2, 0.25) is 0 Å². The van der Waals surface area contributed by atoms with E-state index in [1.807, 2.05) is 48.3 Å². The second-order valence-corrected chi connectivity index (χ2v) is 7.01. The molecule has 2 aromatic carbocycles. The minimum absolute atomic E-state index is 0.0798. The van der Waals surface area contributed by atoms with E-state index in [0.717, 1.165) is 11.3 Å². The fourth-order valence-corrected chi connectivity index (χ4v) is 3.41. The number of hydrogen-bond donors (Lipinski definition) is 1. The lowest BCUT2D eigenvalue weighted by molar-refractivity contribution is 0.597. The summed E-state index contributed by atoms with van der Waals surface area (Å²) in [5, 5.41) is 0. The van der Waals surface area contributed by atoms with Gasteiger partial charge in [0, 0.05) is 19.3 Å². The number of sulfone groups is 1. The van der Waals surface area contributed by atoms with Crippen molar-refractivity contribution in [3.05, 3.63) is 54.1 Å². The lowest BCUT2D eigenvalue weighted by Gasteiger charge is -2.24. The first-order valence-electron chi connectivity index (χ1n) is 6.84. The molecule has 21 heavy (non-hydrogen) atoms. The zero-order chi connectivity index (χ0) is 15.5. The van der Waals surface area contributed by atoms with Crippen LogP contribution in [0.2, 0.25) is 0 Å². The van der Waals surface area contributed by atoms with Crippen molar-refractivity contribution >= 4 is 21.2 Å². The molecule has 0 fully saturated rings. The van der Waals surface area contributed by atoms with Crippen LogP contribution in [0.25, 0.3) is 0 Å². The normalized spacial score (nSPS) is 11.4. The largest absolute Gasteiger partial charge is 0.343 e. The molecule has 2 N–H and O–H groups in total. The van der Waals surface area contributed by atoms with E-state index in [0.29, 0.717) is 17.1 Å². The summed E-state index contributed by atoms with van der Waals surface area (Å²) in [5.41, 5.74) is 8.33. The Balaban J connectivity index is 2.57. The molecule has 0 heterocycles. The SMILES string of the molecule is CCS(=O)(=O)c1ccccc1N(C)c1ccccc1CN. The molecular formula is C16H20N2O2S. The summed E-state index contributed by atoms with van der Waals surface area (Å²) in [6, 6.07) is 14.8. The fraction of sp³-hybridized carbons (Fsp3) is 0.250. The van der Waals surface area contributed by atoms with E-state index in [-0.39, 0.29) is 5.75 Å². The van der Waals surface area contributed by atoms with Crippen LogP contribution < -0.4 is 10.6 Å². The van der Waals surface area contributed by atoms with Gasteiger partial charge in [-0.3, -0.25) is 0 Å². The Bertz CT molecular complexity index is 727. The summed E-state index contributed by atoms with van der Waals surface area (Å²) in [4.78, 5) is 2.23. The van der Waals surface area contributed by atoms with Crippen LogP contribution in [0, 0.1) is 0 Å². The molecule has 0 aliphatic carbocycles. The third-order valence-electron chi connectivity index (χ3n) is 3.51. The zero-order valence-corrected chi connectivity index (χ0v) is 13.1. The topological polar surface area (TPSA) is 63.4 Å². The molecule has 0 saturated heterocycles. The first-order chi connectivity index (χ1) is 10.0. The van der Waals surface area contributed by atoms with Gasteiger partial charge in [-0.1, -0.05) is 37.3 Å². The number of para-hydroxylation sites is 2. The first-order valence-corrected chi connectivity index (χ1v) is 8.50. The number of rotatable bonds is 5. The molecule has 0 radical (unpaired) electrons. The maximum atomic E-state index is 12.3. The predicted molar refractivity (Wildman–Crippen MR) is 86.6 cm³/mol. The quantitative estimate of drug-likeness (QED) is 0.922.